The minimum atomic E-state index is -3.06. The summed E-state index contributed by atoms with van der Waals surface area (Å²) in [5, 5.41) is 2.31. The Hall–Kier alpha value is -1.80. The summed E-state index contributed by atoms with van der Waals surface area (Å²) in [4.78, 5) is 18.9. The first-order valence-corrected chi connectivity index (χ1v) is 10.8. The SMILES string of the molecule is CCCN(C(=O)c1csc(-c2ccc(F)cc2)n1)C1CCS(=O)(=O)C1. The molecule has 8 heteroatoms. The molecule has 0 radical (unpaired) electrons. The smallest absolute Gasteiger partial charge is 0.273 e. The molecule has 0 aliphatic carbocycles. The Kier molecular flexibility index (Phi) is 5.19. The van der Waals surface area contributed by atoms with Crippen molar-refractivity contribution in [1.82, 2.24) is 9.88 Å². The van der Waals surface area contributed by atoms with E-state index in [9.17, 15) is 17.6 Å². The van der Waals surface area contributed by atoms with Crippen LogP contribution in [0.5, 0.6) is 0 Å². The number of amides is 1. The summed E-state index contributed by atoms with van der Waals surface area (Å²) in [5.41, 5.74) is 1.05. The molecular formula is C17H19FN2O3S2. The lowest BCUT2D eigenvalue weighted by Gasteiger charge is -2.27. The number of hydrogen-bond donors (Lipinski definition) is 0. The lowest BCUT2D eigenvalue weighted by molar-refractivity contribution is 0.0692. The highest BCUT2D eigenvalue weighted by Gasteiger charge is 2.35. The van der Waals surface area contributed by atoms with Crippen molar-refractivity contribution in [1.29, 1.82) is 0 Å². The van der Waals surface area contributed by atoms with Gasteiger partial charge in [-0.1, -0.05) is 6.92 Å². The average Bonchev–Trinajstić information content (AvgIpc) is 3.19. The van der Waals surface area contributed by atoms with Crippen LogP contribution in [0.4, 0.5) is 4.39 Å². The van der Waals surface area contributed by atoms with E-state index >= 15 is 0 Å². The zero-order valence-electron chi connectivity index (χ0n) is 13.8. The Bertz CT molecular complexity index is 862. The number of nitrogens with zero attached hydrogens (tertiary/aromatic N) is 2. The van der Waals surface area contributed by atoms with E-state index in [1.165, 1.54) is 23.5 Å². The van der Waals surface area contributed by atoms with Crippen LogP contribution < -0.4 is 0 Å². The van der Waals surface area contributed by atoms with E-state index in [4.69, 9.17) is 0 Å². The number of sulfone groups is 1. The van der Waals surface area contributed by atoms with Crippen LogP contribution in [0.15, 0.2) is 29.6 Å². The number of aromatic nitrogens is 1. The summed E-state index contributed by atoms with van der Waals surface area (Å²) in [5.74, 6) is -0.418. The highest BCUT2D eigenvalue weighted by molar-refractivity contribution is 7.91. The average molecular weight is 382 g/mol. The minimum absolute atomic E-state index is 0.0215. The van der Waals surface area contributed by atoms with Gasteiger partial charge in [0.1, 0.15) is 16.5 Å². The molecule has 134 valence electrons. The third-order valence-electron chi connectivity index (χ3n) is 4.19. The van der Waals surface area contributed by atoms with Crippen molar-refractivity contribution in [2.75, 3.05) is 18.1 Å². The van der Waals surface area contributed by atoms with Crippen molar-refractivity contribution in [2.45, 2.75) is 25.8 Å². The Labute approximate surface area is 150 Å². The van der Waals surface area contributed by atoms with E-state index in [0.717, 1.165) is 12.0 Å². The van der Waals surface area contributed by atoms with Crippen LogP contribution in [0.25, 0.3) is 10.6 Å². The highest BCUT2D eigenvalue weighted by atomic mass is 32.2. The topological polar surface area (TPSA) is 67.3 Å². The number of carbonyl (C=O) groups is 1. The molecule has 1 fully saturated rings. The van der Waals surface area contributed by atoms with Gasteiger partial charge in [-0.25, -0.2) is 17.8 Å². The molecular weight excluding hydrogens is 363 g/mol. The Morgan fingerprint density at radius 3 is 2.68 bits per heavy atom. The van der Waals surface area contributed by atoms with E-state index in [0.29, 0.717) is 23.7 Å². The predicted molar refractivity (Wildman–Crippen MR) is 95.9 cm³/mol. The van der Waals surface area contributed by atoms with Crippen molar-refractivity contribution in [3.63, 3.8) is 0 Å². The molecule has 1 aliphatic heterocycles. The van der Waals surface area contributed by atoms with Gasteiger partial charge in [0.15, 0.2) is 9.84 Å². The van der Waals surface area contributed by atoms with E-state index in [2.05, 4.69) is 4.98 Å². The Morgan fingerprint density at radius 1 is 1.36 bits per heavy atom. The van der Waals surface area contributed by atoms with Gasteiger partial charge in [-0.15, -0.1) is 11.3 Å². The summed E-state index contributed by atoms with van der Waals surface area (Å²) in [7, 11) is -3.06. The first kappa shape index (κ1) is 18.0. The number of halogens is 1. The molecule has 25 heavy (non-hydrogen) atoms. The molecule has 1 aromatic heterocycles. The van der Waals surface area contributed by atoms with Crippen molar-refractivity contribution < 1.29 is 17.6 Å². The molecule has 0 N–H and O–H groups in total. The maximum absolute atomic E-state index is 13.0. The third-order valence-corrected chi connectivity index (χ3v) is 6.83. The number of hydrogen-bond acceptors (Lipinski definition) is 5. The zero-order valence-corrected chi connectivity index (χ0v) is 15.4. The molecule has 5 nitrogen and oxygen atoms in total. The van der Waals surface area contributed by atoms with Gasteiger partial charge in [-0.3, -0.25) is 4.79 Å². The zero-order chi connectivity index (χ0) is 18.0. The summed E-state index contributed by atoms with van der Waals surface area (Å²) < 4.78 is 36.5. The van der Waals surface area contributed by atoms with Crippen LogP contribution in [-0.4, -0.2) is 48.3 Å². The van der Waals surface area contributed by atoms with Gasteiger partial charge in [0, 0.05) is 23.5 Å². The van der Waals surface area contributed by atoms with Crippen LogP contribution in [0.1, 0.15) is 30.3 Å². The Morgan fingerprint density at radius 2 is 2.08 bits per heavy atom. The van der Waals surface area contributed by atoms with Crippen molar-refractivity contribution in [3.8, 4) is 10.6 Å². The van der Waals surface area contributed by atoms with E-state index < -0.39 is 9.84 Å². The van der Waals surface area contributed by atoms with Gasteiger partial charge in [0.25, 0.3) is 5.91 Å². The molecule has 1 aliphatic rings. The van der Waals surface area contributed by atoms with Crippen molar-refractivity contribution >= 4 is 27.1 Å². The highest BCUT2D eigenvalue weighted by Crippen LogP contribution is 2.26. The molecule has 0 saturated carbocycles. The second-order valence-electron chi connectivity index (χ2n) is 6.10. The van der Waals surface area contributed by atoms with Crippen LogP contribution in [-0.2, 0) is 9.84 Å². The molecule has 1 aromatic carbocycles. The van der Waals surface area contributed by atoms with Gasteiger partial charge >= 0.3 is 0 Å². The van der Waals surface area contributed by atoms with Crippen molar-refractivity contribution in [3.05, 3.63) is 41.2 Å². The first-order chi connectivity index (χ1) is 11.9. The summed E-state index contributed by atoms with van der Waals surface area (Å²) in [6, 6.07) is 5.66. The minimum Gasteiger partial charge on any atom is -0.333 e. The molecule has 1 saturated heterocycles. The number of rotatable bonds is 5. The van der Waals surface area contributed by atoms with Gasteiger partial charge < -0.3 is 4.90 Å². The summed E-state index contributed by atoms with van der Waals surface area (Å²) >= 11 is 1.32. The van der Waals surface area contributed by atoms with Crippen LogP contribution in [0, 0.1) is 5.82 Å². The summed E-state index contributed by atoms with van der Waals surface area (Å²) in [6.07, 6.45) is 1.22. The van der Waals surface area contributed by atoms with E-state index in [1.807, 2.05) is 6.92 Å². The van der Waals surface area contributed by atoms with Gasteiger partial charge in [-0.05, 0) is 37.1 Å². The van der Waals surface area contributed by atoms with Gasteiger partial charge in [0.2, 0.25) is 0 Å². The van der Waals surface area contributed by atoms with E-state index in [1.54, 1.807) is 22.4 Å². The number of carbonyl (C=O) groups excluding carboxylic acids is 1. The first-order valence-electron chi connectivity index (χ1n) is 8.12. The van der Waals surface area contributed by atoms with Crippen LogP contribution in [0.2, 0.25) is 0 Å². The second-order valence-corrected chi connectivity index (χ2v) is 9.19. The maximum atomic E-state index is 13.0. The lowest BCUT2D eigenvalue weighted by Crippen LogP contribution is -2.41. The molecule has 0 bridgehead atoms. The molecule has 1 amide bonds. The summed E-state index contributed by atoms with van der Waals surface area (Å²) in [6.45, 7) is 2.46. The Balaban J connectivity index is 1.82. The molecule has 2 heterocycles. The number of thiazole rings is 1. The quantitative estimate of drug-likeness (QED) is 0.797. The molecule has 1 atom stereocenters. The molecule has 0 spiro atoms. The van der Waals surface area contributed by atoms with Crippen LogP contribution >= 0.6 is 11.3 Å². The van der Waals surface area contributed by atoms with Gasteiger partial charge in [-0.2, -0.15) is 0 Å². The van der Waals surface area contributed by atoms with Crippen molar-refractivity contribution in [2.24, 2.45) is 0 Å². The standard InChI is InChI=1S/C17H19FN2O3S2/c1-2-8-20(14-7-9-25(22,23)11-14)17(21)15-10-24-16(19-15)12-3-5-13(18)6-4-12/h3-6,10,14H,2,7-9,11H2,1H3. The fourth-order valence-electron chi connectivity index (χ4n) is 2.96. The largest absolute Gasteiger partial charge is 0.333 e. The molecule has 1 unspecified atom stereocenters. The normalized spacial score (nSPS) is 19.0. The van der Waals surface area contributed by atoms with E-state index in [-0.39, 0.29) is 29.3 Å². The fraction of sp³-hybridized carbons (Fsp3) is 0.412. The fourth-order valence-corrected chi connectivity index (χ4v) is 5.49. The monoisotopic (exact) mass is 382 g/mol. The second kappa shape index (κ2) is 7.21. The molecule has 3 rings (SSSR count). The third kappa shape index (κ3) is 4.07. The van der Waals surface area contributed by atoms with Gasteiger partial charge in [0.05, 0.1) is 11.5 Å². The number of benzene rings is 1. The van der Waals surface area contributed by atoms with Crippen LogP contribution in [0.3, 0.4) is 0 Å². The predicted octanol–water partition coefficient (Wildman–Crippen LogP) is 2.99. The maximum Gasteiger partial charge on any atom is 0.273 e. The molecule has 2 aromatic rings. The lowest BCUT2D eigenvalue weighted by atomic mass is 10.2.